The lowest BCUT2D eigenvalue weighted by Crippen LogP contribution is -2.44. The second kappa shape index (κ2) is 6.91. The standard InChI is InChI=1S/C18H23ClN2O2/c1-12-5-2-3-8-16(12)20-18(23)13-9-17(22)21(11-13)15-7-4-6-14(19)10-15/h4,6-7,10,12-13,16H,2-3,5,8-9,11H2,1H3,(H,20,23)/t12-,13-,16+/m1/s1. The molecule has 4 nitrogen and oxygen atoms in total. The number of halogens is 1. The molecule has 1 aromatic carbocycles. The van der Waals surface area contributed by atoms with Crippen molar-refractivity contribution in [1.29, 1.82) is 0 Å². The fraction of sp³-hybridized carbons (Fsp3) is 0.556. The average Bonchev–Trinajstić information content (AvgIpc) is 2.92. The number of amides is 2. The highest BCUT2D eigenvalue weighted by atomic mass is 35.5. The van der Waals surface area contributed by atoms with E-state index in [0.29, 0.717) is 17.5 Å². The van der Waals surface area contributed by atoms with Gasteiger partial charge in [-0.2, -0.15) is 0 Å². The van der Waals surface area contributed by atoms with Crippen LogP contribution >= 0.6 is 11.6 Å². The van der Waals surface area contributed by atoms with Crippen LogP contribution in [0.15, 0.2) is 24.3 Å². The zero-order valence-electron chi connectivity index (χ0n) is 13.4. The molecular formula is C18H23ClN2O2. The van der Waals surface area contributed by atoms with Gasteiger partial charge in [-0.1, -0.05) is 37.4 Å². The molecule has 2 aliphatic rings. The van der Waals surface area contributed by atoms with Gasteiger partial charge in [0.2, 0.25) is 11.8 Å². The predicted octanol–water partition coefficient (Wildman–Crippen LogP) is 3.39. The minimum atomic E-state index is -0.268. The van der Waals surface area contributed by atoms with Gasteiger partial charge in [-0.15, -0.1) is 0 Å². The first kappa shape index (κ1) is 16.3. The van der Waals surface area contributed by atoms with Crippen LogP contribution in [-0.2, 0) is 9.59 Å². The Balaban J connectivity index is 1.63. The van der Waals surface area contributed by atoms with Gasteiger partial charge in [0.1, 0.15) is 0 Å². The molecule has 23 heavy (non-hydrogen) atoms. The molecule has 0 radical (unpaired) electrons. The Morgan fingerprint density at radius 1 is 1.30 bits per heavy atom. The van der Waals surface area contributed by atoms with Crippen LogP contribution in [0.2, 0.25) is 5.02 Å². The molecule has 1 aromatic rings. The van der Waals surface area contributed by atoms with Crippen molar-refractivity contribution in [3.63, 3.8) is 0 Å². The molecule has 1 aliphatic carbocycles. The van der Waals surface area contributed by atoms with Gasteiger partial charge in [0, 0.05) is 29.7 Å². The lowest BCUT2D eigenvalue weighted by Gasteiger charge is -2.30. The van der Waals surface area contributed by atoms with E-state index in [9.17, 15) is 9.59 Å². The Morgan fingerprint density at radius 3 is 2.83 bits per heavy atom. The Bertz CT molecular complexity index is 604. The summed E-state index contributed by atoms with van der Waals surface area (Å²) in [5, 5.41) is 3.77. The van der Waals surface area contributed by atoms with Crippen molar-refractivity contribution in [3.05, 3.63) is 29.3 Å². The monoisotopic (exact) mass is 334 g/mol. The van der Waals surface area contributed by atoms with Gasteiger partial charge in [-0.05, 0) is 37.0 Å². The highest BCUT2D eigenvalue weighted by molar-refractivity contribution is 6.30. The maximum atomic E-state index is 12.5. The van der Waals surface area contributed by atoms with Gasteiger partial charge < -0.3 is 10.2 Å². The van der Waals surface area contributed by atoms with Crippen LogP contribution in [0.1, 0.15) is 39.0 Å². The number of anilines is 1. The van der Waals surface area contributed by atoms with E-state index in [2.05, 4.69) is 12.2 Å². The molecule has 2 amide bonds. The van der Waals surface area contributed by atoms with Gasteiger partial charge >= 0.3 is 0 Å². The van der Waals surface area contributed by atoms with E-state index in [1.807, 2.05) is 12.1 Å². The summed E-state index contributed by atoms with van der Waals surface area (Å²) in [6.45, 7) is 2.63. The topological polar surface area (TPSA) is 49.4 Å². The molecule has 0 spiro atoms. The first-order valence-corrected chi connectivity index (χ1v) is 8.78. The summed E-state index contributed by atoms with van der Waals surface area (Å²) in [5.41, 5.74) is 0.767. The first-order chi connectivity index (χ1) is 11.0. The number of benzene rings is 1. The molecule has 1 saturated carbocycles. The molecule has 3 rings (SSSR count). The number of nitrogens with one attached hydrogen (secondary N) is 1. The molecule has 124 valence electrons. The largest absolute Gasteiger partial charge is 0.353 e. The molecule has 0 unspecified atom stereocenters. The number of hydrogen-bond donors (Lipinski definition) is 1. The molecule has 5 heteroatoms. The molecule has 1 N–H and O–H groups in total. The summed E-state index contributed by atoms with van der Waals surface area (Å²) in [5.74, 6) is 0.259. The van der Waals surface area contributed by atoms with Crippen LogP contribution in [0.3, 0.4) is 0 Å². The van der Waals surface area contributed by atoms with E-state index < -0.39 is 0 Å². The Morgan fingerprint density at radius 2 is 2.09 bits per heavy atom. The fourth-order valence-electron chi connectivity index (χ4n) is 3.61. The zero-order valence-corrected chi connectivity index (χ0v) is 14.2. The van der Waals surface area contributed by atoms with E-state index in [1.54, 1.807) is 17.0 Å². The van der Waals surface area contributed by atoms with Crippen molar-refractivity contribution >= 4 is 29.1 Å². The minimum Gasteiger partial charge on any atom is -0.353 e. The van der Waals surface area contributed by atoms with Crippen LogP contribution in [0.4, 0.5) is 5.69 Å². The van der Waals surface area contributed by atoms with Crippen LogP contribution in [0.5, 0.6) is 0 Å². The number of rotatable bonds is 3. The minimum absolute atomic E-state index is 0.0101. The maximum absolute atomic E-state index is 12.5. The van der Waals surface area contributed by atoms with Crippen molar-refractivity contribution in [2.24, 2.45) is 11.8 Å². The normalized spacial score (nSPS) is 28.0. The van der Waals surface area contributed by atoms with Crippen molar-refractivity contribution in [1.82, 2.24) is 5.32 Å². The SMILES string of the molecule is C[C@@H]1CCCC[C@@H]1NC(=O)[C@@H]1CC(=O)N(c2cccc(Cl)c2)C1. The third kappa shape index (κ3) is 3.69. The van der Waals surface area contributed by atoms with Gasteiger partial charge in [0.15, 0.2) is 0 Å². The third-order valence-electron chi connectivity index (χ3n) is 5.05. The first-order valence-electron chi connectivity index (χ1n) is 8.41. The second-order valence-corrected chi connectivity index (χ2v) is 7.20. The lowest BCUT2D eigenvalue weighted by atomic mass is 9.85. The zero-order chi connectivity index (χ0) is 16.4. The summed E-state index contributed by atoms with van der Waals surface area (Å²) in [6.07, 6.45) is 4.92. The van der Waals surface area contributed by atoms with Crippen LogP contribution in [-0.4, -0.2) is 24.4 Å². The van der Waals surface area contributed by atoms with E-state index in [4.69, 9.17) is 11.6 Å². The fourth-order valence-corrected chi connectivity index (χ4v) is 3.79. The Kier molecular flexibility index (Phi) is 4.90. The Labute approximate surface area is 142 Å². The lowest BCUT2D eigenvalue weighted by molar-refractivity contribution is -0.127. The van der Waals surface area contributed by atoms with Crippen LogP contribution < -0.4 is 10.2 Å². The molecule has 1 aliphatic heterocycles. The van der Waals surface area contributed by atoms with Gasteiger partial charge in [-0.3, -0.25) is 9.59 Å². The summed E-state index contributed by atoms with van der Waals surface area (Å²) >= 11 is 6.00. The molecular weight excluding hydrogens is 312 g/mol. The summed E-state index contributed by atoms with van der Waals surface area (Å²) in [6, 6.07) is 7.48. The van der Waals surface area contributed by atoms with Gasteiger partial charge in [-0.25, -0.2) is 0 Å². The van der Waals surface area contributed by atoms with E-state index in [1.165, 1.54) is 19.3 Å². The predicted molar refractivity (Wildman–Crippen MR) is 91.5 cm³/mol. The molecule has 0 bridgehead atoms. The molecule has 1 heterocycles. The summed E-state index contributed by atoms with van der Waals surface area (Å²) in [4.78, 5) is 26.5. The number of carbonyl (C=O) groups excluding carboxylic acids is 2. The Hall–Kier alpha value is -1.55. The van der Waals surface area contributed by atoms with E-state index in [0.717, 1.165) is 12.1 Å². The van der Waals surface area contributed by atoms with Crippen molar-refractivity contribution in [2.75, 3.05) is 11.4 Å². The van der Waals surface area contributed by atoms with E-state index >= 15 is 0 Å². The smallest absolute Gasteiger partial charge is 0.227 e. The highest BCUT2D eigenvalue weighted by Crippen LogP contribution is 2.28. The summed E-state index contributed by atoms with van der Waals surface area (Å²) < 4.78 is 0. The van der Waals surface area contributed by atoms with E-state index in [-0.39, 0.29) is 30.2 Å². The van der Waals surface area contributed by atoms with Crippen LogP contribution in [0.25, 0.3) is 0 Å². The van der Waals surface area contributed by atoms with Crippen molar-refractivity contribution < 1.29 is 9.59 Å². The average molecular weight is 335 g/mol. The second-order valence-electron chi connectivity index (χ2n) is 6.76. The van der Waals surface area contributed by atoms with Gasteiger partial charge in [0.05, 0.1) is 5.92 Å². The number of nitrogens with zero attached hydrogens (tertiary/aromatic N) is 1. The maximum Gasteiger partial charge on any atom is 0.227 e. The third-order valence-corrected chi connectivity index (χ3v) is 5.29. The number of carbonyl (C=O) groups is 2. The van der Waals surface area contributed by atoms with Crippen molar-refractivity contribution in [3.8, 4) is 0 Å². The quantitative estimate of drug-likeness (QED) is 0.921. The van der Waals surface area contributed by atoms with Gasteiger partial charge in [0.25, 0.3) is 0 Å². The summed E-state index contributed by atoms with van der Waals surface area (Å²) in [7, 11) is 0. The molecule has 2 fully saturated rings. The number of hydrogen-bond acceptors (Lipinski definition) is 2. The highest BCUT2D eigenvalue weighted by Gasteiger charge is 2.36. The van der Waals surface area contributed by atoms with Crippen molar-refractivity contribution in [2.45, 2.75) is 45.1 Å². The molecule has 3 atom stereocenters. The molecule has 1 saturated heterocycles. The van der Waals surface area contributed by atoms with Crippen LogP contribution in [0, 0.1) is 11.8 Å². The molecule has 0 aromatic heterocycles.